The summed E-state index contributed by atoms with van der Waals surface area (Å²) in [5, 5.41) is 3.15. The maximum absolute atomic E-state index is 11.6. The summed E-state index contributed by atoms with van der Waals surface area (Å²) in [6, 6.07) is 0.425. The van der Waals surface area contributed by atoms with Crippen molar-refractivity contribution in [2.45, 2.75) is 66.3 Å². The van der Waals surface area contributed by atoms with Crippen LogP contribution in [0.25, 0.3) is 0 Å². The molecule has 0 aromatic carbocycles. The first-order valence-corrected chi connectivity index (χ1v) is 6.61. The van der Waals surface area contributed by atoms with E-state index in [1.807, 2.05) is 13.8 Å². The minimum Gasteiger partial charge on any atom is -0.353 e. The molecule has 0 aromatic heterocycles. The van der Waals surface area contributed by atoms with Gasteiger partial charge in [-0.3, -0.25) is 4.79 Å². The van der Waals surface area contributed by atoms with Crippen LogP contribution in [0.1, 0.15) is 60.3 Å². The van der Waals surface area contributed by atoms with Gasteiger partial charge in [-0.1, -0.05) is 34.6 Å². The lowest BCUT2D eigenvalue weighted by Crippen LogP contribution is -2.41. The molecule has 2 nitrogen and oxygen atoms in total. The first kappa shape index (κ1) is 13.5. The third-order valence-electron chi connectivity index (χ3n) is 3.82. The van der Waals surface area contributed by atoms with Crippen molar-refractivity contribution < 1.29 is 4.79 Å². The number of amides is 1. The van der Waals surface area contributed by atoms with Gasteiger partial charge in [0.15, 0.2) is 0 Å². The van der Waals surface area contributed by atoms with Gasteiger partial charge >= 0.3 is 0 Å². The predicted octanol–water partition coefficient (Wildman–Crippen LogP) is 3.36. The molecule has 1 aliphatic rings. The summed E-state index contributed by atoms with van der Waals surface area (Å²) < 4.78 is 0. The molecule has 1 rings (SSSR count). The van der Waals surface area contributed by atoms with Gasteiger partial charge < -0.3 is 5.32 Å². The lowest BCUT2D eigenvalue weighted by Gasteiger charge is -2.37. The summed E-state index contributed by atoms with van der Waals surface area (Å²) in [5.41, 5.74) is 0.424. The highest BCUT2D eigenvalue weighted by Crippen LogP contribution is 2.37. The number of rotatable bonds is 2. The fourth-order valence-electron chi connectivity index (χ4n) is 2.47. The zero-order chi connectivity index (χ0) is 12.3. The number of nitrogens with one attached hydrogen (secondary N) is 1. The van der Waals surface area contributed by atoms with Gasteiger partial charge in [0.2, 0.25) is 5.91 Å². The van der Waals surface area contributed by atoms with Crippen molar-refractivity contribution in [2.24, 2.45) is 17.3 Å². The molecule has 0 aromatic rings. The zero-order valence-electron chi connectivity index (χ0n) is 11.5. The normalized spacial score (nSPS) is 26.9. The molecule has 1 saturated carbocycles. The average Bonchev–Trinajstić information content (AvgIpc) is 2.17. The summed E-state index contributed by atoms with van der Waals surface area (Å²) >= 11 is 0. The first-order chi connectivity index (χ1) is 7.30. The smallest absolute Gasteiger partial charge is 0.222 e. The van der Waals surface area contributed by atoms with Crippen molar-refractivity contribution in [2.75, 3.05) is 0 Å². The predicted molar refractivity (Wildman–Crippen MR) is 68.2 cm³/mol. The molecule has 0 bridgehead atoms. The molecule has 0 atom stereocenters. The van der Waals surface area contributed by atoms with Crippen molar-refractivity contribution in [3.63, 3.8) is 0 Å². The van der Waals surface area contributed by atoms with Crippen molar-refractivity contribution in [1.82, 2.24) is 5.32 Å². The lowest BCUT2D eigenvalue weighted by atomic mass is 9.71. The number of carbonyl (C=O) groups is 1. The molecule has 0 heterocycles. The maximum atomic E-state index is 11.6. The molecule has 94 valence electrons. The van der Waals surface area contributed by atoms with E-state index in [0.29, 0.717) is 11.5 Å². The van der Waals surface area contributed by atoms with E-state index in [1.165, 1.54) is 12.8 Å². The molecule has 1 fully saturated rings. The Morgan fingerprint density at radius 3 is 2.00 bits per heavy atom. The summed E-state index contributed by atoms with van der Waals surface area (Å²) in [6.45, 7) is 10.9. The second-order valence-electron chi connectivity index (χ2n) is 6.58. The first-order valence-electron chi connectivity index (χ1n) is 6.61. The number of hydrogen-bond donors (Lipinski definition) is 1. The second kappa shape index (κ2) is 5.20. The Hall–Kier alpha value is -0.530. The maximum Gasteiger partial charge on any atom is 0.222 e. The highest BCUT2D eigenvalue weighted by molar-refractivity contribution is 5.78. The molecule has 0 unspecified atom stereocenters. The van der Waals surface area contributed by atoms with E-state index < -0.39 is 0 Å². The molecular weight excluding hydrogens is 198 g/mol. The number of hydrogen-bond acceptors (Lipinski definition) is 1. The third-order valence-corrected chi connectivity index (χ3v) is 3.82. The van der Waals surface area contributed by atoms with Crippen molar-refractivity contribution in [1.29, 1.82) is 0 Å². The van der Waals surface area contributed by atoms with E-state index >= 15 is 0 Å². The van der Waals surface area contributed by atoms with E-state index in [0.717, 1.165) is 18.8 Å². The largest absolute Gasteiger partial charge is 0.353 e. The minimum atomic E-state index is 0.111. The highest BCUT2D eigenvalue weighted by atomic mass is 16.1. The summed E-state index contributed by atoms with van der Waals surface area (Å²) in [5.74, 6) is 1.14. The SMILES string of the molecule is CC(C)C(=O)N[C@H]1CC[C@H](C(C)(C)C)CC1. The van der Waals surface area contributed by atoms with Crippen molar-refractivity contribution in [3.8, 4) is 0 Å². The Labute approximate surface area is 100 Å². The fourth-order valence-corrected chi connectivity index (χ4v) is 2.47. The van der Waals surface area contributed by atoms with Gasteiger partial charge in [-0.25, -0.2) is 0 Å². The lowest BCUT2D eigenvalue weighted by molar-refractivity contribution is -0.125. The van der Waals surface area contributed by atoms with E-state index in [2.05, 4.69) is 26.1 Å². The molecule has 1 N–H and O–H groups in total. The fraction of sp³-hybridized carbons (Fsp3) is 0.929. The van der Waals surface area contributed by atoms with E-state index in [-0.39, 0.29) is 11.8 Å². The van der Waals surface area contributed by atoms with Crippen LogP contribution < -0.4 is 5.32 Å². The molecule has 16 heavy (non-hydrogen) atoms. The van der Waals surface area contributed by atoms with Crippen molar-refractivity contribution >= 4 is 5.91 Å². The molecule has 0 radical (unpaired) electrons. The number of carbonyl (C=O) groups excluding carboxylic acids is 1. The van der Waals surface area contributed by atoms with E-state index in [4.69, 9.17) is 0 Å². The van der Waals surface area contributed by atoms with Gasteiger partial charge in [0.05, 0.1) is 0 Å². The van der Waals surface area contributed by atoms with Gasteiger partial charge in [0, 0.05) is 12.0 Å². The Morgan fingerprint density at radius 1 is 1.12 bits per heavy atom. The Bertz CT molecular complexity index is 232. The highest BCUT2D eigenvalue weighted by Gasteiger charge is 2.30. The summed E-state index contributed by atoms with van der Waals surface area (Å²) in [7, 11) is 0. The third kappa shape index (κ3) is 3.80. The Kier molecular flexibility index (Phi) is 4.40. The van der Waals surface area contributed by atoms with Crippen molar-refractivity contribution in [3.05, 3.63) is 0 Å². The van der Waals surface area contributed by atoms with Crippen LogP contribution in [0.5, 0.6) is 0 Å². The quantitative estimate of drug-likeness (QED) is 0.767. The van der Waals surface area contributed by atoms with Crippen LogP contribution in [0.2, 0.25) is 0 Å². The van der Waals surface area contributed by atoms with E-state index in [9.17, 15) is 4.79 Å². The zero-order valence-corrected chi connectivity index (χ0v) is 11.5. The van der Waals surface area contributed by atoms with Gasteiger partial charge in [0.1, 0.15) is 0 Å². The van der Waals surface area contributed by atoms with E-state index in [1.54, 1.807) is 0 Å². The van der Waals surface area contributed by atoms with Gasteiger partial charge in [-0.15, -0.1) is 0 Å². The van der Waals surface area contributed by atoms with Gasteiger partial charge in [0.25, 0.3) is 0 Å². The van der Waals surface area contributed by atoms with Crippen LogP contribution in [-0.2, 0) is 4.79 Å². The molecule has 0 aliphatic heterocycles. The molecule has 1 amide bonds. The van der Waals surface area contributed by atoms with Crippen LogP contribution in [0.15, 0.2) is 0 Å². The van der Waals surface area contributed by atoms with Gasteiger partial charge in [-0.2, -0.15) is 0 Å². The second-order valence-corrected chi connectivity index (χ2v) is 6.58. The Morgan fingerprint density at radius 2 is 1.62 bits per heavy atom. The topological polar surface area (TPSA) is 29.1 Å². The summed E-state index contributed by atoms with van der Waals surface area (Å²) in [6.07, 6.45) is 4.82. The molecule has 2 heteroatoms. The van der Waals surface area contributed by atoms with Crippen LogP contribution in [0, 0.1) is 17.3 Å². The van der Waals surface area contributed by atoms with Crippen LogP contribution in [0.4, 0.5) is 0 Å². The van der Waals surface area contributed by atoms with Crippen LogP contribution >= 0.6 is 0 Å². The standard InChI is InChI=1S/C14H27NO/c1-10(2)13(16)15-12-8-6-11(7-9-12)14(3,4)5/h10-12H,6-9H2,1-5H3,(H,15,16)/t11-,12-. The van der Waals surface area contributed by atoms with Gasteiger partial charge in [-0.05, 0) is 37.0 Å². The Balaban J connectivity index is 2.35. The molecule has 1 aliphatic carbocycles. The molecule has 0 saturated heterocycles. The molecular formula is C14H27NO. The minimum absolute atomic E-state index is 0.111. The summed E-state index contributed by atoms with van der Waals surface area (Å²) in [4.78, 5) is 11.6. The average molecular weight is 225 g/mol. The van der Waals surface area contributed by atoms with Crippen LogP contribution in [-0.4, -0.2) is 11.9 Å². The monoisotopic (exact) mass is 225 g/mol. The molecule has 0 spiro atoms. The van der Waals surface area contributed by atoms with Crippen LogP contribution in [0.3, 0.4) is 0 Å².